The molecule has 0 spiro atoms. The highest BCUT2D eigenvalue weighted by molar-refractivity contribution is 7.92. The molecule has 1 aromatic heterocycles. The van der Waals surface area contributed by atoms with Crippen molar-refractivity contribution in [2.45, 2.75) is 11.4 Å². The summed E-state index contributed by atoms with van der Waals surface area (Å²) in [6.45, 7) is 0. The largest absolute Gasteiger partial charge is 0.409 e. The van der Waals surface area contributed by atoms with Crippen LogP contribution in [0.4, 0.5) is 5.69 Å². The van der Waals surface area contributed by atoms with Gasteiger partial charge in [-0.05, 0) is 23.8 Å². The number of amidine groups is 1. The first-order valence-electron chi connectivity index (χ1n) is 5.98. The normalized spacial score (nSPS) is 12.3. The second kappa shape index (κ2) is 5.83. The van der Waals surface area contributed by atoms with Crippen molar-refractivity contribution >= 4 is 21.5 Å². The van der Waals surface area contributed by atoms with Crippen LogP contribution in [-0.2, 0) is 23.5 Å². The molecule has 2 rings (SSSR count). The van der Waals surface area contributed by atoms with Crippen molar-refractivity contribution in [3.8, 4) is 0 Å². The van der Waals surface area contributed by atoms with Crippen molar-refractivity contribution in [3.05, 3.63) is 42.1 Å². The summed E-state index contributed by atoms with van der Waals surface area (Å²) in [7, 11) is -2.13. The second-order valence-electron chi connectivity index (χ2n) is 4.36. The van der Waals surface area contributed by atoms with Crippen LogP contribution >= 0.6 is 0 Å². The molecule has 9 heteroatoms. The van der Waals surface area contributed by atoms with Crippen molar-refractivity contribution in [3.63, 3.8) is 0 Å². The Morgan fingerprint density at radius 1 is 1.38 bits per heavy atom. The molecule has 0 radical (unpaired) electrons. The fraction of sp³-hybridized carbons (Fsp3) is 0.167. The predicted octanol–water partition coefficient (Wildman–Crippen LogP) is 0.510. The molecule has 0 fully saturated rings. The maximum atomic E-state index is 12.1. The summed E-state index contributed by atoms with van der Waals surface area (Å²) in [6.07, 6.45) is 1.69. The number of aryl methyl sites for hydroxylation is 1. The molecule has 0 bridgehead atoms. The Morgan fingerprint density at radius 3 is 2.57 bits per heavy atom. The van der Waals surface area contributed by atoms with Gasteiger partial charge in [-0.15, -0.1) is 0 Å². The van der Waals surface area contributed by atoms with Crippen LogP contribution in [0.3, 0.4) is 0 Å². The highest BCUT2D eigenvalue weighted by Gasteiger charge is 2.17. The molecule has 112 valence electrons. The molecule has 1 heterocycles. The molecule has 0 saturated carbocycles. The summed E-state index contributed by atoms with van der Waals surface area (Å²) in [5, 5.41) is 15.3. The third kappa shape index (κ3) is 3.51. The Labute approximate surface area is 121 Å². The van der Waals surface area contributed by atoms with E-state index in [-0.39, 0.29) is 17.3 Å². The molecule has 0 atom stereocenters. The molecular formula is C12H15N5O3S. The fourth-order valence-electron chi connectivity index (χ4n) is 1.77. The lowest BCUT2D eigenvalue weighted by atomic mass is 10.1. The van der Waals surface area contributed by atoms with Gasteiger partial charge in [-0.3, -0.25) is 9.40 Å². The molecule has 0 aliphatic rings. The van der Waals surface area contributed by atoms with E-state index < -0.39 is 10.0 Å². The Morgan fingerprint density at radius 2 is 2.05 bits per heavy atom. The van der Waals surface area contributed by atoms with E-state index in [4.69, 9.17) is 10.9 Å². The predicted molar refractivity (Wildman–Crippen MR) is 77.6 cm³/mol. The van der Waals surface area contributed by atoms with E-state index in [2.05, 4.69) is 15.0 Å². The quantitative estimate of drug-likeness (QED) is 0.321. The summed E-state index contributed by atoms with van der Waals surface area (Å²) >= 11 is 0. The standard InChI is InChI=1S/C12H15N5O3S/c1-17-12(6-7-14-17)21(19,20)16-10-4-2-9(3-5-10)8-11(13)15-18/h2-7,16,18H,8H2,1H3,(H2,13,15). The molecular weight excluding hydrogens is 294 g/mol. The van der Waals surface area contributed by atoms with Gasteiger partial charge in [-0.25, -0.2) is 0 Å². The van der Waals surface area contributed by atoms with Gasteiger partial charge in [0.15, 0.2) is 5.03 Å². The van der Waals surface area contributed by atoms with Crippen molar-refractivity contribution in [1.82, 2.24) is 9.78 Å². The van der Waals surface area contributed by atoms with Crippen LogP contribution in [0.5, 0.6) is 0 Å². The van der Waals surface area contributed by atoms with Gasteiger partial charge in [0.2, 0.25) is 0 Å². The summed E-state index contributed by atoms with van der Waals surface area (Å²) in [4.78, 5) is 0. The number of benzene rings is 1. The van der Waals surface area contributed by atoms with Gasteiger partial charge < -0.3 is 10.9 Å². The third-order valence-electron chi connectivity index (χ3n) is 2.77. The Balaban J connectivity index is 2.15. The van der Waals surface area contributed by atoms with Gasteiger partial charge in [0.25, 0.3) is 10.0 Å². The molecule has 0 aliphatic carbocycles. The number of oxime groups is 1. The average molecular weight is 309 g/mol. The van der Waals surface area contributed by atoms with Crippen LogP contribution < -0.4 is 10.5 Å². The number of hydrogen-bond donors (Lipinski definition) is 3. The minimum atomic E-state index is -3.68. The number of hydrogen-bond acceptors (Lipinski definition) is 5. The van der Waals surface area contributed by atoms with Gasteiger partial charge in [0.05, 0.1) is 6.20 Å². The van der Waals surface area contributed by atoms with E-state index in [9.17, 15) is 8.42 Å². The van der Waals surface area contributed by atoms with E-state index in [1.165, 1.54) is 16.9 Å². The van der Waals surface area contributed by atoms with Gasteiger partial charge in [0, 0.05) is 19.2 Å². The van der Waals surface area contributed by atoms with Crippen molar-refractivity contribution < 1.29 is 13.6 Å². The van der Waals surface area contributed by atoms with Crippen molar-refractivity contribution in [2.75, 3.05) is 4.72 Å². The SMILES string of the molecule is Cn1nccc1S(=O)(=O)Nc1ccc(C/C(N)=N/O)cc1. The molecule has 4 N–H and O–H groups in total. The summed E-state index contributed by atoms with van der Waals surface area (Å²) in [5.41, 5.74) is 6.62. The lowest BCUT2D eigenvalue weighted by molar-refractivity contribution is 0.317. The number of nitrogens with one attached hydrogen (secondary N) is 1. The van der Waals surface area contributed by atoms with Gasteiger partial charge in [-0.2, -0.15) is 13.5 Å². The summed E-state index contributed by atoms with van der Waals surface area (Å²) < 4.78 is 28.0. The molecule has 8 nitrogen and oxygen atoms in total. The number of nitrogens with two attached hydrogens (primary N) is 1. The highest BCUT2D eigenvalue weighted by Crippen LogP contribution is 2.16. The monoisotopic (exact) mass is 309 g/mol. The smallest absolute Gasteiger partial charge is 0.279 e. The maximum absolute atomic E-state index is 12.1. The van der Waals surface area contributed by atoms with Crippen LogP contribution in [0.1, 0.15) is 5.56 Å². The molecule has 0 aliphatic heterocycles. The maximum Gasteiger partial charge on any atom is 0.279 e. The number of anilines is 1. The zero-order valence-electron chi connectivity index (χ0n) is 11.3. The zero-order chi connectivity index (χ0) is 15.5. The molecule has 0 amide bonds. The van der Waals surface area contributed by atoms with Crippen LogP contribution in [-0.4, -0.2) is 29.2 Å². The van der Waals surface area contributed by atoms with E-state index in [1.807, 2.05) is 0 Å². The number of nitrogens with zero attached hydrogens (tertiary/aromatic N) is 3. The summed E-state index contributed by atoms with van der Waals surface area (Å²) in [6, 6.07) is 8.01. The third-order valence-corrected chi connectivity index (χ3v) is 4.23. The first-order chi connectivity index (χ1) is 9.92. The Bertz CT molecular complexity index is 749. The lowest BCUT2D eigenvalue weighted by Gasteiger charge is -2.08. The Hall–Kier alpha value is -2.55. The minimum absolute atomic E-state index is 0.0724. The first kappa shape index (κ1) is 14.9. The van der Waals surface area contributed by atoms with Gasteiger partial charge >= 0.3 is 0 Å². The molecule has 0 saturated heterocycles. The number of aromatic nitrogens is 2. The zero-order valence-corrected chi connectivity index (χ0v) is 12.1. The van der Waals surface area contributed by atoms with Crippen molar-refractivity contribution in [1.29, 1.82) is 0 Å². The van der Waals surface area contributed by atoms with Gasteiger partial charge in [0.1, 0.15) is 5.84 Å². The summed E-state index contributed by atoms with van der Waals surface area (Å²) in [5.74, 6) is 0.0817. The molecule has 21 heavy (non-hydrogen) atoms. The highest BCUT2D eigenvalue weighted by atomic mass is 32.2. The fourth-order valence-corrected chi connectivity index (χ4v) is 2.95. The molecule has 0 unspecified atom stereocenters. The van der Waals surface area contributed by atoms with Gasteiger partial charge in [-0.1, -0.05) is 17.3 Å². The van der Waals surface area contributed by atoms with E-state index in [0.717, 1.165) is 5.56 Å². The van der Waals surface area contributed by atoms with Crippen LogP contribution in [0, 0.1) is 0 Å². The van der Waals surface area contributed by atoms with E-state index in [0.29, 0.717) is 5.69 Å². The average Bonchev–Trinajstić information content (AvgIpc) is 2.87. The topological polar surface area (TPSA) is 123 Å². The second-order valence-corrected chi connectivity index (χ2v) is 5.99. The van der Waals surface area contributed by atoms with Crippen LogP contribution in [0.2, 0.25) is 0 Å². The van der Waals surface area contributed by atoms with E-state index >= 15 is 0 Å². The van der Waals surface area contributed by atoms with Crippen LogP contribution in [0.25, 0.3) is 0 Å². The molecule has 1 aromatic carbocycles. The minimum Gasteiger partial charge on any atom is -0.409 e. The first-order valence-corrected chi connectivity index (χ1v) is 7.47. The van der Waals surface area contributed by atoms with E-state index in [1.54, 1.807) is 31.3 Å². The molecule has 2 aromatic rings. The van der Waals surface area contributed by atoms with Crippen molar-refractivity contribution in [2.24, 2.45) is 17.9 Å². The van der Waals surface area contributed by atoms with Crippen LogP contribution in [0.15, 0.2) is 46.7 Å². The number of sulfonamides is 1. The lowest BCUT2D eigenvalue weighted by Crippen LogP contribution is -2.17. The Kier molecular flexibility index (Phi) is 4.13. The number of rotatable bonds is 5.